The number of aromatic nitrogens is 2. The molecular formula is C13H15N5O3. The first-order valence-corrected chi connectivity index (χ1v) is 6.06. The van der Waals surface area contributed by atoms with Gasteiger partial charge < -0.3 is 21.5 Å². The summed E-state index contributed by atoms with van der Waals surface area (Å²) in [5, 5.41) is 6.54. The lowest BCUT2D eigenvalue weighted by atomic mass is 10.3. The lowest BCUT2D eigenvalue weighted by Crippen LogP contribution is -2.20. The van der Waals surface area contributed by atoms with Gasteiger partial charge in [-0.1, -0.05) is 0 Å². The number of rotatable bonds is 5. The van der Waals surface area contributed by atoms with Crippen LogP contribution in [0.15, 0.2) is 30.5 Å². The molecule has 8 nitrogen and oxygen atoms in total. The maximum atomic E-state index is 11.9. The van der Waals surface area contributed by atoms with Crippen LogP contribution in [0, 0.1) is 0 Å². The number of nitrogens with two attached hydrogens (primary N) is 2. The molecule has 0 radical (unpaired) electrons. The van der Waals surface area contributed by atoms with Gasteiger partial charge in [-0.05, 0) is 24.3 Å². The second-order valence-corrected chi connectivity index (χ2v) is 4.27. The van der Waals surface area contributed by atoms with Crippen LogP contribution in [0.3, 0.4) is 0 Å². The van der Waals surface area contributed by atoms with Crippen molar-refractivity contribution in [1.82, 2.24) is 9.78 Å². The van der Waals surface area contributed by atoms with Crippen molar-refractivity contribution in [1.29, 1.82) is 0 Å². The number of hydrogen-bond donors (Lipinski definition) is 3. The SMILES string of the molecule is COc1ccc(NC(=O)Cn2cc(N)c(C(N)=O)n2)cc1. The van der Waals surface area contributed by atoms with Gasteiger partial charge in [0.1, 0.15) is 12.3 Å². The molecule has 110 valence electrons. The predicted molar refractivity (Wildman–Crippen MR) is 76.8 cm³/mol. The van der Waals surface area contributed by atoms with Crippen LogP contribution in [0.5, 0.6) is 5.75 Å². The summed E-state index contributed by atoms with van der Waals surface area (Å²) in [5.74, 6) is -0.348. The average Bonchev–Trinajstić information content (AvgIpc) is 2.80. The van der Waals surface area contributed by atoms with Crippen molar-refractivity contribution >= 4 is 23.2 Å². The van der Waals surface area contributed by atoms with Crippen LogP contribution < -0.4 is 21.5 Å². The smallest absolute Gasteiger partial charge is 0.271 e. The number of nitrogen functional groups attached to an aromatic ring is 1. The molecule has 2 amide bonds. The second-order valence-electron chi connectivity index (χ2n) is 4.27. The molecule has 0 unspecified atom stereocenters. The van der Waals surface area contributed by atoms with Crippen molar-refractivity contribution in [2.75, 3.05) is 18.2 Å². The van der Waals surface area contributed by atoms with Gasteiger partial charge >= 0.3 is 0 Å². The summed E-state index contributed by atoms with van der Waals surface area (Å²) in [7, 11) is 1.56. The number of methoxy groups -OCH3 is 1. The maximum Gasteiger partial charge on any atom is 0.271 e. The number of primary amides is 1. The number of amides is 2. The highest BCUT2D eigenvalue weighted by Crippen LogP contribution is 2.15. The molecule has 8 heteroatoms. The van der Waals surface area contributed by atoms with E-state index in [0.29, 0.717) is 11.4 Å². The maximum absolute atomic E-state index is 11.9. The van der Waals surface area contributed by atoms with Crippen molar-refractivity contribution in [3.8, 4) is 5.75 Å². The third-order valence-electron chi connectivity index (χ3n) is 2.70. The van der Waals surface area contributed by atoms with Gasteiger partial charge in [-0.2, -0.15) is 5.10 Å². The largest absolute Gasteiger partial charge is 0.497 e. The van der Waals surface area contributed by atoms with E-state index in [4.69, 9.17) is 16.2 Å². The second kappa shape index (κ2) is 5.95. The third kappa shape index (κ3) is 3.50. The van der Waals surface area contributed by atoms with Gasteiger partial charge in [0.05, 0.1) is 12.8 Å². The highest BCUT2D eigenvalue weighted by atomic mass is 16.5. The third-order valence-corrected chi connectivity index (χ3v) is 2.70. The van der Waals surface area contributed by atoms with Crippen LogP contribution in [0.25, 0.3) is 0 Å². The fourth-order valence-electron chi connectivity index (χ4n) is 1.73. The number of anilines is 2. The minimum absolute atomic E-state index is 0.0488. The molecule has 1 heterocycles. The minimum atomic E-state index is -0.734. The molecule has 0 bridgehead atoms. The molecule has 0 aliphatic heterocycles. The molecule has 1 aromatic heterocycles. The van der Waals surface area contributed by atoms with Gasteiger partial charge in [0.15, 0.2) is 5.69 Å². The van der Waals surface area contributed by atoms with Crippen molar-refractivity contribution in [3.63, 3.8) is 0 Å². The number of carbonyl (C=O) groups is 2. The minimum Gasteiger partial charge on any atom is -0.497 e. The quantitative estimate of drug-likeness (QED) is 0.725. The standard InChI is InChI=1S/C13H15N5O3/c1-21-9-4-2-8(3-5-9)16-11(19)7-18-6-10(14)12(17-18)13(15)20/h2-6H,7,14H2,1H3,(H2,15,20)(H,16,19). The zero-order valence-corrected chi connectivity index (χ0v) is 11.4. The van der Waals surface area contributed by atoms with Gasteiger partial charge in [0.25, 0.3) is 5.91 Å². The molecule has 1 aromatic carbocycles. The summed E-state index contributed by atoms with van der Waals surface area (Å²) in [4.78, 5) is 22.9. The van der Waals surface area contributed by atoms with E-state index in [9.17, 15) is 9.59 Å². The summed E-state index contributed by atoms with van der Waals surface area (Å²) in [5.41, 5.74) is 11.4. The normalized spacial score (nSPS) is 10.1. The van der Waals surface area contributed by atoms with Crippen LogP contribution in [0.4, 0.5) is 11.4 Å². The predicted octanol–water partition coefficient (Wildman–Crippen LogP) is 0.211. The van der Waals surface area contributed by atoms with Crippen molar-refractivity contribution < 1.29 is 14.3 Å². The molecule has 0 saturated carbocycles. The molecule has 2 aromatic rings. The number of hydrogen-bond acceptors (Lipinski definition) is 5. The zero-order chi connectivity index (χ0) is 15.4. The van der Waals surface area contributed by atoms with Gasteiger partial charge in [-0.3, -0.25) is 14.3 Å². The average molecular weight is 289 g/mol. The fraction of sp³-hybridized carbons (Fsp3) is 0.154. The number of carbonyl (C=O) groups excluding carboxylic acids is 2. The summed E-state index contributed by atoms with van der Waals surface area (Å²) >= 11 is 0. The summed E-state index contributed by atoms with van der Waals surface area (Å²) in [6.45, 7) is -0.0799. The molecule has 5 N–H and O–H groups in total. The Morgan fingerprint density at radius 1 is 1.33 bits per heavy atom. The lowest BCUT2D eigenvalue weighted by Gasteiger charge is -2.06. The fourth-order valence-corrected chi connectivity index (χ4v) is 1.73. The van der Waals surface area contributed by atoms with Crippen molar-refractivity contribution in [3.05, 3.63) is 36.2 Å². The first kappa shape index (κ1) is 14.4. The van der Waals surface area contributed by atoms with E-state index in [2.05, 4.69) is 10.4 Å². The van der Waals surface area contributed by atoms with Crippen LogP contribution in [-0.2, 0) is 11.3 Å². The summed E-state index contributed by atoms with van der Waals surface area (Å²) in [6.07, 6.45) is 1.38. The Morgan fingerprint density at radius 2 is 2.00 bits per heavy atom. The lowest BCUT2D eigenvalue weighted by molar-refractivity contribution is -0.116. The molecule has 0 spiro atoms. The Labute approximate surface area is 120 Å². The van der Waals surface area contributed by atoms with E-state index in [-0.39, 0.29) is 23.8 Å². The van der Waals surface area contributed by atoms with E-state index in [0.717, 1.165) is 0 Å². The molecular weight excluding hydrogens is 274 g/mol. The molecule has 0 fully saturated rings. The number of ether oxygens (including phenoxy) is 1. The molecule has 21 heavy (non-hydrogen) atoms. The van der Waals surface area contributed by atoms with Gasteiger partial charge in [0.2, 0.25) is 5.91 Å². The van der Waals surface area contributed by atoms with Crippen molar-refractivity contribution in [2.45, 2.75) is 6.54 Å². The first-order chi connectivity index (χ1) is 9.99. The monoisotopic (exact) mass is 289 g/mol. The number of nitrogens with one attached hydrogen (secondary N) is 1. The Balaban J connectivity index is 2.01. The van der Waals surface area contributed by atoms with Crippen LogP contribution in [0.1, 0.15) is 10.5 Å². The van der Waals surface area contributed by atoms with Crippen LogP contribution in [0.2, 0.25) is 0 Å². The van der Waals surface area contributed by atoms with E-state index in [1.54, 1.807) is 31.4 Å². The molecule has 2 rings (SSSR count). The molecule has 0 atom stereocenters. The van der Waals surface area contributed by atoms with Gasteiger partial charge in [0, 0.05) is 11.9 Å². The topological polar surface area (TPSA) is 125 Å². The summed E-state index contributed by atoms with van der Waals surface area (Å²) in [6, 6.07) is 6.88. The number of benzene rings is 1. The first-order valence-electron chi connectivity index (χ1n) is 6.06. The van der Waals surface area contributed by atoms with Gasteiger partial charge in [-0.25, -0.2) is 0 Å². The molecule has 0 saturated heterocycles. The van der Waals surface area contributed by atoms with Crippen LogP contribution >= 0.6 is 0 Å². The van der Waals surface area contributed by atoms with Crippen molar-refractivity contribution in [2.24, 2.45) is 5.73 Å². The summed E-state index contributed by atoms with van der Waals surface area (Å²) < 4.78 is 6.28. The molecule has 0 aliphatic carbocycles. The number of nitrogens with zero attached hydrogens (tertiary/aromatic N) is 2. The van der Waals surface area contributed by atoms with Gasteiger partial charge in [-0.15, -0.1) is 0 Å². The van der Waals surface area contributed by atoms with E-state index in [1.165, 1.54) is 10.9 Å². The highest BCUT2D eigenvalue weighted by Gasteiger charge is 2.13. The van der Waals surface area contributed by atoms with E-state index >= 15 is 0 Å². The van der Waals surface area contributed by atoms with E-state index in [1.807, 2.05) is 0 Å². The van der Waals surface area contributed by atoms with Crippen LogP contribution in [-0.4, -0.2) is 28.7 Å². The Kier molecular flexibility index (Phi) is 4.07. The molecule has 0 aliphatic rings. The Hall–Kier alpha value is -3.03. The Morgan fingerprint density at radius 3 is 2.52 bits per heavy atom. The van der Waals surface area contributed by atoms with E-state index < -0.39 is 5.91 Å². The zero-order valence-electron chi connectivity index (χ0n) is 11.4. The Bertz CT molecular complexity index is 663. The highest BCUT2D eigenvalue weighted by molar-refractivity contribution is 5.96.